The smallest absolute Gasteiger partial charge is 0.270 e. The van der Waals surface area contributed by atoms with Gasteiger partial charge in [-0.3, -0.25) is 9.79 Å². The minimum absolute atomic E-state index is 0.00326. The second-order valence-electron chi connectivity index (χ2n) is 7.20. The number of benzene rings is 2. The number of fused-ring (bicyclic) bond motifs is 1. The zero-order valence-corrected chi connectivity index (χ0v) is 17.7. The van der Waals surface area contributed by atoms with E-state index >= 15 is 0 Å². The number of nitrogens with zero attached hydrogens (tertiary/aromatic N) is 2. The number of carbonyl (C=O) groups excluding carboxylic acids is 1. The van der Waals surface area contributed by atoms with Gasteiger partial charge in [0, 0.05) is 37.8 Å². The van der Waals surface area contributed by atoms with Crippen molar-refractivity contribution in [1.29, 1.82) is 5.41 Å². The normalized spacial score (nSPS) is 16.8. The number of rotatable bonds is 6. The van der Waals surface area contributed by atoms with E-state index in [0.717, 1.165) is 16.7 Å². The molecule has 0 aromatic heterocycles. The first-order valence-corrected chi connectivity index (χ1v) is 9.90. The highest BCUT2D eigenvalue weighted by atomic mass is 16.5. The lowest BCUT2D eigenvalue weighted by Crippen LogP contribution is -2.41. The summed E-state index contributed by atoms with van der Waals surface area (Å²) in [5, 5.41) is 8.37. The molecule has 1 aliphatic rings. The van der Waals surface area contributed by atoms with E-state index in [4.69, 9.17) is 21.6 Å². The molecule has 0 aliphatic carbocycles. The fourth-order valence-electron chi connectivity index (χ4n) is 3.79. The minimum atomic E-state index is -0.330. The predicted molar refractivity (Wildman–Crippen MR) is 123 cm³/mol. The maximum Gasteiger partial charge on any atom is 0.270 e. The Morgan fingerprint density at radius 1 is 1.23 bits per heavy atom. The zero-order valence-electron chi connectivity index (χ0n) is 17.7. The number of allylic oxidation sites excluding steroid dienone is 1. The van der Waals surface area contributed by atoms with Crippen LogP contribution in [0, 0.1) is 5.41 Å². The van der Waals surface area contributed by atoms with Crippen LogP contribution in [0.3, 0.4) is 0 Å². The van der Waals surface area contributed by atoms with E-state index in [2.05, 4.69) is 4.99 Å². The Kier molecular flexibility index (Phi) is 6.87. The molecule has 1 heterocycles. The molecule has 1 amide bonds. The van der Waals surface area contributed by atoms with Gasteiger partial charge in [0.05, 0.1) is 18.5 Å². The maximum absolute atomic E-state index is 13.2. The van der Waals surface area contributed by atoms with Crippen LogP contribution in [-0.4, -0.2) is 43.4 Å². The molecule has 0 fully saturated rings. The van der Waals surface area contributed by atoms with Gasteiger partial charge >= 0.3 is 0 Å². The van der Waals surface area contributed by atoms with Gasteiger partial charge in [-0.05, 0) is 41.1 Å². The van der Waals surface area contributed by atoms with Gasteiger partial charge in [-0.1, -0.05) is 36.4 Å². The van der Waals surface area contributed by atoms with Crippen LogP contribution in [0.1, 0.15) is 22.6 Å². The summed E-state index contributed by atoms with van der Waals surface area (Å²) in [4.78, 5) is 18.9. The number of methoxy groups -OCH3 is 1. The van der Waals surface area contributed by atoms with Crippen molar-refractivity contribution >= 4 is 17.8 Å². The highest BCUT2D eigenvalue weighted by Gasteiger charge is 2.30. The van der Waals surface area contributed by atoms with Crippen LogP contribution < -0.4 is 16.2 Å². The van der Waals surface area contributed by atoms with Crippen molar-refractivity contribution in [3.63, 3.8) is 0 Å². The number of ether oxygens (including phenoxy) is 1. The first kappa shape index (κ1) is 21.8. The Balaban J connectivity index is 1.89. The van der Waals surface area contributed by atoms with Gasteiger partial charge in [-0.2, -0.15) is 0 Å². The Bertz CT molecular complexity index is 1070. The van der Waals surface area contributed by atoms with Crippen LogP contribution in [0.4, 0.5) is 0 Å². The van der Waals surface area contributed by atoms with Gasteiger partial charge < -0.3 is 26.5 Å². The fourth-order valence-corrected chi connectivity index (χ4v) is 3.79. The zero-order chi connectivity index (χ0) is 22.4. The molecule has 0 radical (unpaired) electrons. The summed E-state index contributed by atoms with van der Waals surface area (Å²) < 4.78 is 5.30. The number of aliphatic imine (C=N–C) groups is 1. The molecule has 0 saturated heterocycles. The average Bonchev–Trinajstić information content (AvgIpc) is 2.81. The van der Waals surface area contributed by atoms with E-state index < -0.39 is 0 Å². The van der Waals surface area contributed by atoms with Gasteiger partial charge in [-0.25, -0.2) is 0 Å². The Hall–Kier alpha value is -3.87. The Labute approximate surface area is 182 Å². The summed E-state index contributed by atoms with van der Waals surface area (Å²) >= 11 is 0. The molecule has 1 unspecified atom stereocenters. The van der Waals surface area contributed by atoms with Crippen molar-refractivity contribution in [2.24, 2.45) is 16.5 Å². The number of carbonyl (C=O) groups is 1. The van der Waals surface area contributed by atoms with Crippen molar-refractivity contribution in [1.82, 2.24) is 4.90 Å². The molecule has 2 aromatic carbocycles. The third-order valence-electron chi connectivity index (χ3n) is 5.30. The molecular formula is C24H27N5O2. The molecule has 5 N–H and O–H groups in total. The molecule has 1 atom stereocenters. The summed E-state index contributed by atoms with van der Waals surface area (Å²) in [6.45, 7) is 0.852. The highest BCUT2D eigenvalue weighted by Crippen LogP contribution is 2.33. The van der Waals surface area contributed by atoms with E-state index in [1.165, 1.54) is 19.4 Å². The minimum Gasteiger partial charge on any atom is -0.496 e. The number of hydrogen-bond donors (Lipinski definition) is 3. The molecule has 160 valence electrons. The van der Waals surface area contributed by atoms with E-state index in [1.54, 1.807) is 36.4 Å². The number of hydrogen-bond acceptors (Lipinski definition) is 6. The third-order valence-corrected chi connectivity index (χ3v) is 5.30. The van der Waals surface area contributed by atoms with Crippen LogP contribution in [-0.2, 0) is 11.3 Å². The van der Waals surface area contributed by atoms with Crippen LogP contribution in [0.2, 0.25) is 0 Å². The van der Waals surface area contributed by atoms with Crippen LogP contribution in [0.5, 0.6) is 5.75 Å². The third kappa shape index (κ3) is 4.66. The lowest BCUT2D eigenvalue weighted by Gasteiger charge is -2.35. The number of nitrogens with one attached hydrogen (secondary N) is 1. The predicted octanol–water partition coefficient (Wildman–Crippen LogP) is 2.57. The maximum atomic E-state index is 13.2. The number of amides is 1. The van der Waals surface area contributed by atoms with E-state index in [-0.39, 0.29) is 23.2 Å². The number of para-hydroxylation sites is 1. The molecule has 0 spiro atoms. The molecular weight excluding hydrogens is 390 g/mol. The molecule has 7 nitrogen and oxygen atoms in total. The first-order valence-electron chi connectivity index (χ1n) is 9.90. The second kappa shape index (κ2) is 9.75. The standard InChI is InChI=1S/C24H27N5O2/c1-28-13-17(12-25)20-15-29(14-16-7-3-4-8-18(16)20)24(30)22(27)11-21(26)19-9-5-6-10-23(19)31-2/h3-13,20,26H,14-15,25,27H2,1-2H3/b17-12?,22-11-,26-21?,28-13?. The first-order chi connectivity index (χ1) is 15.0. The largest absolute Gasteiger partial charge is 0.496 e. The average molecular weight is 418 g/mol. The molecule has 0 saturated carbocycles. The Morgan fingerprint density at radius 3 is 2.65 bits per heavy atom. The molecule has 2 aromatic rings. The SMILES string of the molecule is CN=CC(=CN)C1CN(C(=O)/C(N)=C/C(=N)c2ccccc2OC)Cc2ccccc21. The summed E-state index contributed by atoms with van der Waals surface area (Å²) in [6.07, 6.45) is 4.62. The monoisotopic (exact) mass is 417 g/mol. The molecule has 31 heavy (non-hydrogen) atoms. The van der Waals surface area contributed by atoms with E-state index in [1.807, 2.05) is 30.3 Å². The molecule has 1 aliphatic heterocycles. The van der Waals surface area contributed by atoms with Gasteiger partial charge in [0.2, 0.25) is 0 Å². The lowest BCUT2D eigenvalue weighted by molar-refractivity contribution is -0.128. The summed E-state index contributed by atoms with van der Waals surface area (Å²) in [5.74, 6) is 0.112. The van der Waals surface area contributed by atoms with Crippen molar-refractivity contribution in [2.45, 2.75) is 12.5 Å². The summed E-state index contributed by atoms with van der Waals surface area (Å²) in [6, 6.07) is 15.1. The van der Waals surface area contributed by atoms with Crippen LogP contribution in [0.15, 0.2) is 77.1 Å². The Morgan fingerprint density at radius 2 is 1.94 bits per heavy atom. The topological polar surface area (TPSA) is 118 Å². The van der Waals surface area contributed by atoms with Gasteiger partial charge in [0.15, 0.2) is 0 Å². The van der Waals surface area contributed by atoms with Crippen molar-refractivity contribution in [3.8, 4) is 5.75 Å². The van der Waals surface area contributed by atoms with Crippen LogP contribution in [0.25, 0.3) is 0 Å². The summed E-state index contributed by atoms with van der Waals surface area (Å²) in [7, 11) is 3.23. The summed E-state index contributed by atoms with van der Waals surface area (Å²) in [5.41, 5.74) is 15.6. The van der Waals surface area contributed by atoms with Crippen molar-refractivity contribution in [2.75, 3.05) is 20.7 Å². The second-order valence-corrected chi connectivity index (χ2v) is 7.20. The van der Waals surface area contributed by atoms with Gasteiger partial charge in [0.1, 0.15) is 5.75 Å². The van der Waals surface area contributed by atoms with E-state index in [9.17, 15) is 4.79 Å². The molecule has 7 heteroatoms. The van der Waals surface area contributed by atoms with E-state index in [0.29, 0.717) is 24.4 Å². The van der Waals surface area contributed by atoms with Crippen LogP contribution >= 0.6 is 0 Å². The fraction of sp³-hybridized carbons (Fsp3) is 0.208. The highest BCUT2D eigenvalue weighted by molar-refractivity contribution is 6.12. The number of nitrogens with two attached hydrogens (primary N) is 2. The lowest BCUT2D eigenvalue weighted by atomic mass is 9.85. The van der Waals surface area contributed by atoms with Crippen molar-refractivity contribution < 1.29 is 9.53 Å². The van der Waals surface area contributed by atoms with Gasteiger partial charge in [0.25, 0.3) is 5.91 Å². The molecule has 0 bridgehead atoms. The quantitative estimate of drug-likeness (QED) is 0.494. The molecule has 3 rings (SSSR count). The van der Waals surface area contributed by atoms with Crippen molar-refractivity contribution in [3.05, 3.63) is 88.8 Å². The van der Waals surface area contributed by atoms with Gasteiger partial charge in [-0.15, -0.1) is 0 Å².